The zero-order chi connectivity index (χ0) is 14.5. The normalized spacial score (nSPS) is 12.2. The SMILES string of the molecule is CNC(Cc1ccccc1F)c1ccc(Cl)c(OC)c1. The number of rotatable bonds is 5. The fourth-order valence-electron chi connectivity index (χ4n) is 2.16. The van der Waals surface area contributed by atoms with Gasteiger partial charge in [-0.25, -0.2) is 4.39 Å². The first kappa shape index (κ1) is 14.8. The van der Waals surface area contributed by atoms with Crippen molar-refractivity contribution >= 4 is 11.6 Å². The first-order valence-electron chi connectivity index (χ1n) is 6.39. The first-order valence-corrected chi connectivity index (χ1v) is 6.77. The van der Waals surface area contributed by atoms with E-state index >= 15 is 0 Å². The molecule has 0 saturated heterocycles. The molecule has 0 aromatic heterocycles. The third kappa shape index (κ3) is 3.30. The van der Waals surface area contributed by atoms with Gasteiger partial charge in [-0.05, 0) is 42.8 Å². The zero-order valence-electron chi connectivity index (χ0n) is 11.5. The second-order valence-electron chi connectivity index (χ2n) is 4.53. The highest BCUT2D eigenvalue weighted by Crippen LogP contribution is 2.29. The molecule has 0 aliphatic carbocycles. The molecule has 0 heterocycles. The molecule has 1 atom stereocenters. The number of halogens is 2. The Labute approximate surface area is 123 Å². The van der Waals surface area contributed by atoms with Gasteiger partial charge in [0.15, 0.2) is 0 Å². The summed E-state index contributed by atoms with van der Waals surface area (Å²) in [5.74, 6) is 0.437. The fourth-order valence-corrected chi connectivity index (χ4v) is 2.36. The van der Waals surface area contributed by atoms with Gasteiger partial charge in [-0.3, -0.25) is 0 Å². The van der Waals surface area contributed by atoms with Crippen LogP contribution in [0.5, 0.6) is 5.75 Å². The van der Waals surface area contributed by atoms with Gasteiger partial charge in [-0.1, -0.05) is 35.9 Å². The summed E-state index contributed by atoms with van der Waals surface area (Å²) in [7, 11) is 3.43. The van der Waals surface area contributed by atoms with Crippen LogP contribution in [0.3, 0.4) is 0 Å². The van der Waals surface area contributed by atoms with Crippen molar-refractivity contribution in [1.82, 2.24) is 5.32 Å². The number of nitrogens with one attached hydrogen (secondary N) is 1. The molecular formula is C16H17ClFNO. The molecule has 2 nitrogen and oxygen atoms in total. The maximum absolute atomic E-state index is 13.7. The van der Waals surface area contributed by atoms with Crippen molar-refractivity contribution in [2.45, 2.75) is 12.5 Å². The van der Waals surface area contributed by atoms with Crippen molar-refractivity contribution in [2.24, 2.45) is 0 Å². The van der Waals surface area contributed by atoms with Crippen molar-refractivity contribution in [2.75, 3.05) is 14.2 Å². The molecule has 20 heavy (non-hydrogen) atoms. The Hall–Kier alpha value is -1.58. The van der Waals surface area contributed by atoms with Gasteiger partial charge in [0.25, 0.3) is 0 Å². The Morgan fingerprint density at radius 2 is 2.00 bits per heavy atom. The smallest absolute Gasteiger partial charge is 0.137 e. The molecule has 0 fully saturated rings. The average molecular weight is 294 g/mol. The van der Waals surface area contributed by atoms with Crippen molar-refractivity contribution in [3.05, 3.63) is 64.4 Å². The van der Waals surface area contributed by atoms with E-state index in [1.54, 1.807) is 25.3 Å². The number of methoxy groups -OCH3 is 1. The largest absolute Gasteiger partial charge is 0.495 e. The number of ether oxygens (including phenoxy) is 1. The maximum Gasteiger partial charge on any atom is 0.137 e. The third-order valence-electron chi connectivity index (χ3n) is 3.31. The van der Waals surface area contributed by atoms with E-state index in [0.717, 1.165) is 5.56 Å². The van der Waals surface area contributed by atoms with Gasteiger partial charge in [0.2, 0.25) is 0 Å². The lowest BCUT2D eigenvalue weighted by Crippen LogP contribution is -2.19. The Kier molecular flexibility index (Phi) is 4.99. The number of hydrogen-bond donors (Lipinski definition) is 1. The van der Waals surface area contributed by atoms with Crippen molar-refractivity contribution in [1.29, 1.82) is 0 Å². The Morgan fingerprint density at radius 1 is 1.25 bits per heavy atom. The van der Waals surface area contributed by atoms with Gasteiger partial charge in [-0.15, -0.1) is 0 Å². The van der Waals surface area contributed by atoms with Crippen LogP contribution >= 0.6 is 11.6 Å². The topological polar surface area (TPSA) is 21.3 Å². The molecule has 0 bridgehead atoms. The molecule has 1 N–H and O–H groups in total. The summed E-state index contributed by atoms with van der Waals surface area (Å²) in [4.78, 5) is 0. The Bertz CT molecular complexity index is 588. The van der Waals surface area contributed by atoms with E-state index in [1.165, 1.54) is 6.07 Å². The van der Waals surface area contributed by atoms with E-state index in [0.29, 0.717) is 22.8 Å². The quantitative estimate of drug-likeness (QED) is 0.900. The van der Waals surface area contributed by atoms with Crippen molar-refractivity contribution < 1.29 is 9.13 Å². The minimum atomic E-state index is -0.186. The van der Waals surface area contributed by atoms with Gasteiger partial charge in [0.05, 0.1) is 12.1 Å². The molecular weight excluding hydrogens is 277 g/mol. The molecule has 0 aliphatic heterocycles. The zero-order valence-corrected chi connectivity index (χ0v) is 12.2. The minimum Gasteiger partial charge on any atom is -0.495 e. The fraction of sp³-hybridized carbons (Fsp3) is 0.250. The monoisotopic (exact) mass is 293 g/mol. The summed E-state index contributed by atoms with van der Waals surface area (Å²) in [6.07, 6.45) is 0.563. The maximum atomic E-state index is 13.7. The number of likely N-dealkylation sites (N-methyl/N-ethyl adjacent to an activating group) is 1. The van der Waals surface area contributed by atoms with Crippen LogP contribution in [-0.4, -0.2) is 14.2 Å². The molecule has 4 heteroatoms. The summed E-state index contributed by atoms with van der Waals surface area (Å²) in [6.45, 7) is 0. The van der Waals surface area contributed by atoms with Gasteiger partial charge in [0, 0.05) is 6.04 Å². The lowest BCUT2D eigenvalue weighted by molar-refractivity contribution is 0.413. The highest BCUT2D eigenvalue weighted by atomic mass is 35.5. The van der Waals surface area contributed by atoms with E-state index in [-0.39, 0.29) is 11.9 Å². The summed E-state index contributed by atoms with van der Waals surface area (Å²) in [5.41, 5.74) is 1.69. The predicted molar refractivity (Wildman–Crippen MR) is 79.9 cm³/mol. The first-order chi connectivity index (χ1) is 9.65. The summed E-state index contributed by atoms with van der Waals surface area (Å²) >= 11 is 6.02. The molecule has 0 amide bonds. The average Bonchev–Trinajstić information content (AvgIpc) is 2.47. The Morgan fingerprint density at radius 3 is 2.65 bits per heavy atom. The number of hydrogen-bond acceptors (Lipinski definition) is 2. The minimum absolute atomic E-state index is 0.00179. The van der Waals surface area contributed by atoms with Gasteiger partial charge < -0.3 is 10.1 Å². The van der Waals surface area contributed by atoms with Gasteiger partial charge >= 0.3 is 0 Å². The van der Waals surface area contributed by atoms with Crippen LogP contribution in [0.1, 0.15) is 17.2 Å². The summed E-state index contributed by atoms with van der Waals surface area (Å²) in [5, 5.41) is 3.77. The van der Waals surface area contributed by atoms with Crippen LogP contribution in [-0.2, 0) is 6.42 Å². The summed E-state index contributed by atoms with van der Waals surface area (Å²) < 4.78 is 19.0. The lowest BCUT2D eigenvalue weighted by atomic mass is 9.98. The van der Waals surface area contributed by atoms with Gasteiger partial charge in [0.1, 0.15) is 11.6 Å². The molecule has 0 saturated carbocycles. The standard InChI is InChI=1S/C16H17ClFNO/c1-19-15(9-11-5-3-4-6-14(11)18)12-7-8-13(17)16(10-12)20-2/h3-8,10,15,19H,9H2,1-2H3. The van der Waals surface area contributed by atoms with E-state index < -0.39 is 0 Å². The van der Waals surface area contributed by atoms with Crippen molar-refractivity contribution in [3.63, 3.8) is 0 Å². The van der Waals surface area contributed by atoms with Crippen LogP contribution in [0.15, 0.2) is 42.5 Å². The number of benzene rings is 2. The molecule has 0 radical (unpaired) electrons. The lowest BCUT2D eigenvalue weighted by Gasteiger charge is -2.18. The molecule has 2 rings (SSSR count). The molecule has 2 aromatic rings. The van der Waals surface area contributed by atoms with Crippen LogP contribution in [0.4, 0.5) is 4.39 Å². The molecule has 2 aromatic carbocycles. The molecule has 0 aliphatic rings. The molecule has 0 spiro atoms. The van der Waals surface area contributed by atoms with Crippen LogP contribution in [0, 0.1) is 5.82 Å². The Balaban J connectivity index is 2.26. The van der Waals surface area contributed by atoms with Crippen LogP contribution in [0.2, 0.25) is 5.02 Å². The predicted octanol–water partition coefficient (Wildman–Crippen LogP) is 3.99. The second-order valence-corrected chi connectivity index (χ2v) is 4.94. The summed E-state index contributed by atoms with van der Waals surface area (Å²) in [6, 6.07) is 12.4. The van der Waals surface area contributed by atoms with E-state index in [1.807, 2.05) is 25.2 Å². The highest BCUT2D eigenvalue weighted by molar-refractivity contribution is 6.32. The third-order valence-corrected chi connectivity index (χ3v) is 3.62. The highest BCUT2D eigenvalue weighted by Gasteiger charge is 2.14. The van der Waals surface area contributed by atoms with E-state index in [2.05, 4.69) is 5.32 Å². The van der Waals surface area contributed by atoms with E-state index in [4.69, 9.17) is 16.3 Å². The van der Waals surface area contributed by atoms with Crippen LogP contribution in [0.25, 0.3) is 0 Å². The second kappa shape index (κ2) is 6.73. The van der Waals surface area contributed by atoms with Gasteiger partial charge in [-0.2, -0.15) is 0 Å². The van der Waals surface area contributed by atoms with Crippen LogP contribution < -0.4 is 10.1 Å². The molecule has 106 valence electrons. The van der Waals surface area contributed by atoms with E-state index in [9.17, 15) is 4.39 Å². The van der Waals surface area contributed by atoms with Crippen molar-refractivity contribution in [3.8, 4) is 5.75 Å². The molecule has 1 unspecified atom stereocenters.